The van der Waals surface area contributed by atoms with Crippen molar-refractivity contribution in [1.29, 1.82) is 0 Å². The Hall–Kier alpha value is -2.27. The molecule has 11 heteroatoms. The van der Waals surface area contributed by atoms with E-state index in [4.69, 9.17) is 9.05 Å². The van der Waals surface area contributed by atoms with E-state index < -0.39 is 10.0 Å². The van der Waals surface area contributed by atoms with Crippen LogP contribution in [0.5, 0.6) is 0 Å². The maximum atomic E-state index is 12.2. The third kappa shape index (κ3) is 3.93. The van der Waals surface area contributed by atoms with Crippen molar-refractivity contribution in [2.75, 3.05) is 19.3 Å². The van der Waals surface area contributed by atoms with Gasteiger partial charge in [0.1, 0.15) is 11.3 Å². The first-order valence-corrected chi connectivity index (χ1v) is 10.1. The van der Waals surface area contributed by atoms with Crippen LogP contribution in [0, 0.1) is 13.8 Å². The number of nitrogens with zero attached hydrogens (tertiary/aromatic N) is 4. The number of hydrogen-bond acceptors (Lipinski definition) is 8. The summed E-state index contributed by atoms with van der Waals surface area (Å²) in [6, 6.07) is 0. The van der Waals surface area contributed by atoms with Gasteiger partial charge in [-0.1, -0.05) is 10.3 Å². The molecule has 1 aliphatic heterocycles. The van der Waals surface area contributed by atoms with Crippen molar-refractivity contribution in [1.82, 2.24) is 24.9 Å². The van der Waals surface area contributed by atoms with E-state index in [-0.39, 0.29) is 18.4 Å². The van der Waals surface area contributed by atoms with Gasteiger partial charge in [0.15, 0.2) is 5.82 Å². The second-order valence-electron chi connectivity index (χ2n) is 6.36. The van der Waals surface area contributed by atoms with E-state index in [0.717, 1.165) is 0 Å². The molecule has 0 unspecified atom stereocenters. The lowest BCUT2D eigenvalue weighted by atomic mass is 9.98. The second-order valence-corrected chi connectivity index (χ2v) is 8.35. The Bertz CT molecular complexity index is 876. The van der Waals surface area contributed by atoms with E-state index in [2.05, 4.69) is 20.6 Å². The topological polar surface area (TPSA) is 131 Å². The highest BCUT2D eigenvalue weighted by atomic mass is 32.2. The van der Waals surface area contributed by atoms with Crippen molar-refractivity contribution < 1.29 is 22.3 Å². The Morgan fingerprint density at radius 3 is 2.50 bits per heavy atom. The predicted molar refractivity (Wildman–Crippen MR) is 89.8 cm³/mol. The van der Waals surface area contributed by atoms with E-state index in [1.165, 1.54) is 10.6 Å². The summed E-state index contributed by atoms with van der Waals surface area (Å²) < 4.78 is 34.7. The quantitative estimate of drug-likeness (QED) is 0.800. The molecule has 10 nitrogen and oxygen atoms in total. The molecule has 0 atom stereocenters. The Labute approximate surface area is 151 Å². The van der Waals surface area contributed by atoms with Gasteiger partial charge < -0.3 is 14.4 Å². The smallest absolute Gasteiger partial charge is 0.257 e. The number of aromatic nitrogens is 3. The molecule has 1 amide bonds. The second kappa shape index (κ2) is 7.16. The van der Waals surface area contributed by atoms with Gasteiger partial charge >= 0.3 is 0 Å². The van der Waals surface area contributed by atoms with Gasteiger partial charge in [0.25, 0.3) is 5.91 Å². The largest absolute Gasteiger partial charge is 0.361 e. The SMILES string of the molecule is Cc1noc(C)c1C(=O)NCc1nc(C2CCN(S(C)(=O)=O)CC2)no1. The minimum absolute atomic E-state index is 0.0452. The van der Waals surface area contributed by atoms with E-state index >= 15 is 0 Å². The number of aryl methyl sites for hydroxylation is 2. The molecule has 142 valence electrons. The zero-order chi connectivity index (χ0) is 18.9. The number of amides is 1. The van der Waals surface area contributed by atoms with E-state index in [1.54, 1.807) is 13.8 Å². The molecular formula is C15H21N5O5S. The molecule has 3 rings (SSSR count). The van der Waals surface area contributed by atoms with Crippen molar-refractivity contribution in [3.05, 3.63) is 28.7 Å². The average Bonchev–Trinajstić information content (AvgIpc) is 3.19. The summed E-state index contributed by atoms with van der Waals surface area (Å²) in [5.74, 6) is 1.01. The highest BCUT2D eigenvalue weighted by molar-refractivity contribution is 7.88. The number of rotatable bonds is 5. The average molecular weight is 383 g/mol. The summed E-state index contributed by atoms with van der Waals surface area (Å²) in [4.78, 5) is 16.5. The van der Waals surface area contributed by atoms with Gasteiger partial charge in [-0.3, -0.25) is 4.79 Å². The predicted octanol–water partition coefficient (Wildman–Crippen LogP) is 0.743. The molecule has 0 radical (unpaired) electrons. The van der Waals surface area contributed by atoms with Crippen molar-refractivity contribution in [3.8, 4) is 0 Å². The lowest BCUT2D eigenvalue weighted by Gasteiger charge is -2.28. The molecule has 26 heavy (non-hydrogen) atoms. The monoisotopic (exact) mass is 383 g/mol. The Morgan fingerprint density at radius 1 is 1.23 bits per heavy atom. The van der Waals surface area contributed by atoms with E-state index in [1.807, 2.05) is 0 Å². The summed E-state index contributed by atoms with van der Waals surface area (Å²) in [7, 11) is -3.16. The van der Waals surface area contributed by atoms with Crippen LogP contribution in [0.1, 0.15) is 52.3 Å². The Morgan fingerprint density at radius 2 is 1.92 bits per heavy atom. The van der Waals surface area contributed by atoms with Crippen molar-refractivity contribution in [2.45, 2.75) is 39.2 Å². The fraction of sp³-hybridized carbons (Fsp3) is 0.600. The number of carbonyl (C=O) groups excluding carboxylic acids is 1. The minimum atomic E-state index is -3.16. The molecule has 1 N–H and O–H groups in total. The third-order valence-corrected chi connectivity index (χ3v) is 5.74. The minimum Gasteiger partial charge on any atom is -0.361 e. The number of nitrogens with one attached hydrogen (secondary N) is 1. The lowest BCUT2D eigenvalue weighted by molar-refractivity contribution is 0.0944. The normalized spacial score (nSPS) is 16.7. The standard InChI is InChI=1S/C15H21N5O5S/c1-9-13(10(2)24-18-9)15(21)16-8-12-17-14(19-25-12)11-4-6-20(7-5-11)26(3,22)23/h11H,4-8H2,1-3H3,(H,16,21). The van der Waals surface area contributed by atoms with Crippen LogP contribution < -0.4 is 5.32 Å². The molecule has 1 aliphatic rings. The van der Waals surface area contributed by atoms with Crippen LogP contribution in [0.15, 0.2) is 9.05 Å². The van der Waals surface area contributed by atoms with Crippen LogP contribution in [0.3, 0.4) is 0 Å². The van der Waals surface area contributed by atoms with E-state index in [0.29, 0.717) is 54.7 Å². The van der Waals surface area contributed by atoms with Crippen LogP contribution in [-0.2, 0) is 16.6 Å². The molecular weight excluding hydrogens is 362 g/mol. The molecule has 1 fully saturated rings. The first kappa shape index (κ1) is 18.5. The van der Waals surface area contributed by atoms with Crippen molar-refractivity contribution >= 4 is 15.9 Å². The summed E-state index contributed by atoms with van der Waals surface area (Å²) in [5, 5.41) is 10.4. The molecule has 0 spiro atoms. The highest BCUT2D eigenvalue weighted by Crippen LogP contribution is 2.27. The third-order valence-electron chi connectivity index (χ3n) is 4.43. The van der Waals surface area contributed by atoms with Crippen LogP contribution >= 0.6 is 0 Å². The van der Waals surface area contributed by atoms with Gasteiger partial charge in [-0.15, -0.1) is 0 Å². The summed E-state index contributed by atoms with van der Waals surface area (Å²) in [6.45, 7) is 4.34. The fourth-order valence-electron chi connectivity index (χ4n) is 3.00. The maximum Gasteiger partial charge on any atom is 0.257 e. The molecule has 0 aliphatic carbocycles. The number of sulfonamides is 1. The molecule has 0 bridgehead atoms. The highest BCUT2D eigenvalue weighted by Gasteiger charge is 2.28. The van der Waals surface area contributed by atoms with E-state index in [9.17, 15) is 13.2 Å². The van der Waals surface area contributed by atoms with Crippen LogP contribution in [-0.4, -0.2) is 53.3 Å². The van der Waals surface area contributed by atoms with Crippen LogP contribution in [0.4, 0.5) is 0 Å². The number of carbonyl (C=O) groups is 1. The van der Waals surface area contributed by atoms with Gasteiger partial charge in [-0.2, -0.15) is 4.98 Å². The van der Waals surface area contributed by atoms with Gasteiger partial charge in [-0.25, -0.2) is 12.7 Å². The van der Waals surface area contributed by atoms with Gasteiger partial charge in [-0.05, 0) is 26.7 Å². The zero-order valence-electron chi connectivity index (χ0n) is 14.9. The summed E-state index contributed by atoms with van der Waals surface area (Å²) >= 11 is 0. The molecule has 0 saturated carbocycles. The fourth-order valence-corrected chi connectivity index (χ4v) is 3.88. The molecule has 2 aromatic rings. The summed E-state index contributed by atoms with van der Waals surface area (Å²) in [6.07, 6.45) is 2.48. The van der Waals surface area contributed by atoms with Crippen LogP contribution in [0.25, 0.3) is 0 Å². The van der Waals surface area contributed by atoms with Crippen LogP contribution in [0.2, 0.25) is 0 Å². The summed E-state index contributed by atoms with van der Waals surface area (Å²) in [5.41, 5.74) is 0.918. The van der Waals surface area contributed by atoms with Gasteiger partial charge in [0.2, 0.25) is 15.9 Å². The van der Waals surface area contributed by atoms with Crippen molar-refractivity contribution in [2.24, 2.45) is 0 Å². The Kier molecular flexibility index (Phi) is 5.10. The molecule has 1 saturated heterocycles. The van der Waals surface area contributed by atoms with Gasteiger partial charge in [0, 0.05) is 19.0 Å². The first-order chi connectivity index (χ1) is 12.3. The Balaban J connectivity index is 1.57. The molecule has 0 aromatic carbocycles. The lowest BCUT2D eigenvalue weighted by Crippen LogP contribution is -2.37. The van der Waals surface area contributed by atoms with Gasteiger partial charge in [0.05, 0.1) is 18.5 Å². The zero-order valence-corrected chi connectivity index (χ0v) is 15.7. The molecule has 2 aromatic heterocycles. The number of piperidine rings is 1. The first-order valence-electron chi connectivity index (χ1n) is 8.24. The number of hydrogen-bond donors (Lipinski definition) is 1. The molecule has 3 heterocycles. The van der Waals surface area contributed by atoms with Crippen molar-refractivity contribution in [3.63, 3.8) is 0 Å². The maximum absolute atomic E-state index is 12.2.